The number of nitrogens with zero attached hydrogens (tertiary/aromatic N) is 3. The van der Waals surface area contributed by atoms with E-state index in [1.807, 2.05) is 6.07 Å². The number of rotatable bonds is 5. The molecule has 0 saturated carbocycles. The van der Waals surface area contributed by atoms with Gasteiger partial charge in [-0.1, -0.05) is 6.07 Å². The van der Waals surface area contributed by atoms with Crippen molar-refractivity contribution in [3.05, 3.63) is 48.2 Å². The monoisotopic (exact) mass is 268 g/mol. The third-order valence-corrected chi connectivity index (χ3v) is 3.09. The Labute approximate surface area is 116 Å². The van der Waals surface area contributed by atoms with Gasteiger partial charge in [0.05, 0.1) is 23.9 Å². The van der Waals surface area contributed by atoms with E-state index >= 15 is 0 Å². The highest BCUT2D eigenvalue weighted by Crippen LogP contribution is 2.11. The third kappa shape index (κ3) is 2.92. The van der Waals surface area contributed by atoms with Gasteiger partial charge in [-0.25, -0.2) is 15.0 Å². The number of hydrogen-bond donors (Lipinski definition) is 3. The SMILES string of the molecule is Nc1ccnc(CNCCc2ccc3nc[nH]c3c2)n1. The van der Waals surface area contributed by atoms with Crippen molar-refractivity contribution in [2.75, 3.05) is 12.3 Å². The van der Waals surface area contributed by atoms with Crippen molar-refractivity contribution >= 4 is 16.9 Å². The average molecular weight is 268 g/mol. The molecule has 3 rings (SSSR count). The van der Waals surface area contributed by atoms with Crippen LogP contribution in [0.5, 0.6) is 0 Å². The molecule has 2 aromatic heterocycles. The van der Waals surface area contributed by atoms with Crippen LogP contribution in [0.3, 0.4) is 0 Å². The maximum atomic E-state index is 5.61. The average Bonchev–Trinajstić information content (AvgIpc) is 2.91. The maximum Gasteiger partial charge on any atom is 0.144 e. The van der Waals surface area contributed by atoms with E-state index in [1.54, 1.807) is 18.6 Å². The van der Waals surface area contributed by atoms with Crippen molar-refractivity contribution in [2.45, 2.75) is 13.0 Å². The summed E-state index contributed by atoms with van der Waals surface area (Å²) in [5.41, 5.74) is 8.94. The number of nitrogens with two attached hydrogens (primary N) is 1. The van der Waals surface area contributed by atoms with Gasteiger partial charge in [0.1, 0.15) is 11.6 Å². The van der Waals surface area contributed by atoms with Crippen LogP contribution < -0.4 is 11.1 Å². The van der Waals surface area contributed by atoms with Gasteiger partial charge >= 0.3 is 0 Å². The van der Waals surface area contributed by atoms with E-state index in [4.69, 9.17) is 5.73 Å². The van der Waals surface area contributed by atoms with Crippen molar-refractivity contribution in [3.8, 4) is 0 Å². The van der Waals surface area contributed by atoms with Crippen LogP contribution in [0.25, 0.3) is 11.0 Å². The van der Waals surface area contributed by atoms with Gasteiger partial charge in [0.15, 0.2) is 0 Å². The molecule has 3 aromatic rings. The lowest BCUT2D eigenvalue weighted by Gasteiger charge is -2.04. The summed E-state index contributed by atoms with van der Waals surface area (Å²) in [5, 5.41) is 3.31. The fraction of sp³-hybridized carbons (Fsp3) is 0.214. The number of nitrogen functional groups attached to an aromatic ring is 1. The van der Waals surface area contributed by atoms with Crippen molar-refractivity contribution in [3.63, 3.8) is 0 Å². The molecule has 0 amide bonds. The van der Waals surface area contributed by atoms with Gasteiger partial charge in [0.2, 0.25) is 0 Å². The molecule has 0 saturated heterocycles. The van der Waals surface area contributed by atoms with Crippen LogP contribution in [0, 0.1) is 0 Å². The minimum atomic E-state index is 0.501. The molecule has 6 heteroatoms. The Hall–Kier alpha value is -2.47. The Balaban J connectivity index is 1.52. The molecule has 0 aliphatic heterocycles. The smallest absolute Gasteiger partial charge is 0.144 e. The summed E-state index contributed by atoms with van der Waals surface area (Å²) in [4.78, 5) is 15.6. The van der Waals surface area contributed by atoms with E-state index < -0.39 is 0 Å². The van der Waals surface area contributed by atoms with Crippen LogP contribution in [0.15, 0.2) is 36.8 Å². The van der Waals surface area contributed by atoms with Crippen molar-refractivity contribution in [1.29, 1.82) is 0 Å². The number of hydrogen-bond acceptors (Lipinski definition) is 5. The van der Waals surface area contributed by atoms with Crippen molar-refractivity contribution in [1.82, 2.24) is 25.3 Å². The van der Waals surface area contributed by atoms with E-state index in [0.717, 1.165) is 24.0 Å². The number of imidazole rings is 1. The summed E-state index contributed by atoms with van der Waals surface area (Å²) in [6.07, 6.45) is 4.33. The van der Waals surface area contributed by atoms with Gasteiger partial charge in [-0.2, -0.15) is 0 Å². The highest BCUT2D eigenvalue weighted by Gasteiger charge is 2.00. The molecule has 0 spiro atoms. The van der Waals surface area contributed by atoms with Crippen molar-refractivity contribution in [2.24, 2.45) is 0 Å². The van der Waals surface area contributed by atoms with Gasteiger partial charge in [0.25, 0.3) is 0 Å². The molecule has 0 bridgehead atoms. The molecule has 1 aromatic carbocycles. The number of aromatic nitrogens is 4. The molecule has 102 valence electrons. The van der Waals surface area contributed by atoms with E-state index in [0.29, 0.717) is 18.2 Å². The molecule has 2 heterocycles. The lowest BCUT2D eigenvalue weighted by atomic mass is 10.1. The van der Waals surface area contributed by atoms with Gasteiger partial charge in [-0.05, 0) is 36.7 Å². The highest BCUT2D eigenvalue weighted by atomic mass is 15.0. The van der Waals surface area contributed by atoms with Crippen LogP contribution in [0.4, 0.5) is 5.82 Å². The molecule has 6 nitrogen and oxygen atoms in total. The number of nitrogens with one attached hydrogen (secondary N) is 2. The predicted octanol–water partition coefficient (Wildman–Crippen LogP) is 1.27. The zero-order valence-corrected chi connectivity index (χ0v) is 11.0. The molecule has 0 radical (unpaired) electrons. The number of aromatic amines is 1. The third-order valence-electron chi connectivity index (χ3n) is 3.09. The predicted molar refractivity (Wildman–Crippen MR) is 77.9 cm³/mol. The normalized spacial score (nSPS) is 11.0. The summed E-state index contributed by atoms with van der Waals surface area (Å²) in [6.45, 7) is 1.48. The van der Waals surface area contributed by atoms with Gasteiger partial charge < -0.3 is 16.0 Å². The van der Waals surface area contributed by atoms with E-state index in [-0.39, 0.29) is 0 Å². The zero-order valence-electron chi connectivity index (χ0n) is 11.0. The Morgan fingerprint density at radius 3 is 3.05 bits per heavy atom. The number of fused-ring (bicyclic) bond motifs is 1. The second kappa shape index (κ2) is 5.66. The molecule has 0 unspecified atom stereocenters. The number of benzene rings is 1. The minimum absolute atomic E-state index is 0.501. The number of anilines is 1. The van der Waals surface area contributed by atoms with Crippen LogP contribution in [0.2, 0.25) is 0 Å². The first-order valence-electron chi connectivity index (χ1n) is 6.51. The summed E-state index contributed by atoms with van der Waals surface area (Å²) in [7, 11) is 0. The largest absolute Gasteiger partial charge is 0.384 e. The highest BCUT2D eigenvalue weighted by molar-refractivity contribution is 5.75. The zero-order chi connectivity index (χ0) is 13.8. The van der Waals surface area contributed by atoms with E-state index in [9.17, 15) is 0 Å². The fourth-order valence-electron chi connectivity index (χ4n) is 2.07. The Morgan fingerprint density at radius 1 is 1.20 bits per heavy atom. The molecule has 0 aliphatic rings. The molecule has 0 fully saturated rings. The lowest BCUT2D eigenvalue weighted by molar-refractivity contribution is 0.660. The summed E-state index contributed by atoms with van der Waals surface area (Å²) >= 11 is 0. The van der Waals surface area contributed by atoms with Crippen LogP contribution in [0.1, 0.15) is 11.4 Å². The van der Waals surface area contributed by atoms with Crippen molar-refractivity contribution < 1.29 is 0 Å². The quantitative estimate of drug-likeness (QED) is 0.606. The Kier molecular flexibility index (Phi) is 3.56. The lowest BCUT2D eigenvalue weighted by Crippen LogP contribution is -2.18. The first-order chi connectivity index (χ1) is 9.81. The molecular weight excluding hydrogens is 252 g/mol. The summed E-state index contributed by atoms with van der Waals surface area (Å²) < 4.78 is 0. The van der Waals surface area contributed by atoms with Gasteiger partial charge in [-0.15, -0.1) is 0 Å². The van der Waals surface area contributed by atoms with Crippen LogP contribution >= 0.6 is 0 Å². The second-order valence-electron chi connectivity index (χ2n) is 4.58. The molecule has 20 heavy (non-hydrogen) atoms. The molecular formula is C14H16N6. The summed E-state index contributed by atoms with van der Waals surface area (Å²) in [6, 6.07) is 7.94. The first-order valence-corrected chi connectivity index (χ1v) is 6.51. The minimum Gasteiger partial charge on any atom is -0.384 e. The Bertz CT molecular complexity index is 705. The van der Waals surface area contributed by atoms with E-state index in [2.05, 4.69) is 37.4 Å². The standard InChI is InChI=1S/C14H16N6/c15-13-4-6-17-14(20-13)8-16-5-3-10-1-2-11-12(7-10)19-9-18-11/h1-2,4,6-7,9,16H,3,5,8H2,(H,18,19)(H2,15,17,20). The fourth-order valence-corrected chi connectivity index (χ4v) is 2.07. The number of H-pyrrole nitrogens is 1. The summed E-state index contributed by atoms with van der Waals surface area (Å²) in [5.74, 6) is 1.22. The topological polar surface area (TPSA) is 92.5 Å². The maximum absolute atomic E-state index is 5.61. The Morgan fingerprint density at radius 2 is 2.15 bits per heavy atom. The molecule has 0 atom stereocenters. The van der Waals surface area contributed by atoms with Crippen LogP contribution in [-0.4, -0.2) is 26.5 Å². The second-order valence-corrected chi connectivity index (χ2v) is 4.58. The van der Waals surface area contributed by atoms with E-state index in [1.165, 1.54) is 5.56 Å². The first kappa shape index (κ1) is 12.6. The van der Waals surface area contributed by atoms with Crippen LogP contribution in [-0.2, 0) is 13.0 Å². The van der Waals surface area contributed by atoms with Gasteiger partial charge in [-0.3, -0.25) is 0 Å². The molecule has 0 aliphatic carbocycles. The van der Waals surface area contributed by atoms with Gasteiger partial charge in [0, 0.05) is 6.20 Å². The molecule has 4 N–H and O–H groups in total.